The standard InChI is InChI=1S/C14H18BrClN2O/c1-9-3-2-4-11(8-17)18(9)14(19)12-7-10(16)5-6-13(12)15/h5-7,9,11H,2-4,8,17H2,1H3. The van der Waals surface area contributed by atoms with Gasteiger partial charge in [0, 0.05) is 28.1 Å². The molecule has 0 radical (unpaired) electrons. The Morgan fingerprint density at radius 2 is 2.26 bits per heavy atom. The van der Waals surface area contributed by atoms with Crippen LogP contribution in [0.15, 0.2) is 22.7 Å². The second-order valence-electron chi connectivity index (χ2n) is 5.01. The summed E-state index contributed by atoms with van der Waals surface area (Å²) in [6.07, 6.45) is 3.13. The van der Waals surface area contributed by atoms with Crippen molar-refractivity contribution in [3.05, 3.63) is 33.3 Å². The molecule has 5 heteroatoms. The van der Waals surface area contributed by atoms with Gasteiger partial charge in [0.05, 0.1) is 5.56 Å². The van der Waals surface area contributed by atoms with Crippen molar-refractivity contribution in [2.24, 2.45) is 5.73 Å². The van der Waals surface area contributed by atoms with E-state index in [0.29, 0.717) is 17.1 Å². The quantitative estimate of drug-likeness (QED) is 0.892. The number of hydrogen-bond donors (Lipinski definition) is 1. The van der Waals surface area contributed by atoms with E-state index in [1.807, 2.05) is 11.0 Å². The van der Waals surface area contributed by atoms with E-state index < -0.39 is 0 Å². The van der Waals surface area contributed by atoms with Crippen LogP contribution in [0.2, 0.25) is 5.02 Å². The Morgan fingerprint density at radius 1 is 1.53 bits per heavy atom. The number of piperidine rings is 1. The van der Waals surface area contributed by atoms with Crippen molar-refractivity contribution in [3.8, 4) is 0 Å². The molecule has 104 valence electrons. The molecule has 2 N–H and O–H groups in total. The zero-order valence-corrected chi connectivity index (χ0v) is 13.2. The minimum Gasteiger partial charge on any atom is -0.332 e. The van der Waals surface area contributed by atoms with Gasteiger partial charge in [-0.1, -0.05) is 11.6 Å². The number of likely N-dealkylation sites (tertiary alicyclic amines) is 1. The van der Waals surface area contributed by atoms with E-state index in [1.54, 1.807) is 12.1 Å². The molecule has 1 amide bonds. The lowest BCUT2D eigenvalue weighted by atomic mass is 9.95. The number of nitrogens with zero attached hydrogens (tertiary/aromatic N) is 1. The molecule has 0 bridgehead atoms. The fraction of sp³-hybridized carbons (Fsp3) is 0.500. The van der Waals surface area contributed by atoms with E-state index >= 15 is 0 Å². The van der Waals surface area contributed by atoms with E-state index in [-0.39, 0.29) is 18.0 Å². The highest BCUT2D eigenvalue weighted by Crippen LogP contribution is 2.28. The third-order valence-corrected chi connectivity index (χ3v) is 4.62. The molecule has 1 aromatic rings. The number of benzene rings is 1. The molecule has 2 atom stereocenters. The average molecular weight is 346 g/mol. The lowest BCUT2D eigenvalue weighted by Crippen LogP contribution is -2.51. The first-order valence-electron chi connectivity index (χ1n) is 6.52. The maximum absolute atomic E-state index is 12.7. The molecule has 2 rings (SSSR count). The fourth-order valence-electron chi connectivity index (χ4n) is 2.68. The van der Waals surface area contributed by atoms with Crippen LogP contribution < -0.4 is 5.73 Å². The predicted molar refractivity (Wildman–Crippen MR) is 81.5 cm³/mol. The average Bonchev–Trinajstić information content (AvgIpc) is 2.40. The molecule has 1 aliphatic rings. The van der Waals surface area contributed by atoms with Crippen molar-refractivity contribution in [3.63, 3.8) is 0 Å². The van der Waals surface area contributed by atoms with Crippen LogP contribution in [0.4, 0.5) is 0 Å². The molecule has 0 saturated carbocycles. The van der Waals surface area contributed by atoms with Crippen LogP contribution in [0, 0.1) is 0 Å². The van der Waals surface area contributed by atoms with Crippen molar-refractivity contribution in [2.75, 3.05) is 6.54 Å². The summed E-state index contributed by atoms with van der Waals surface area (Å²) in [5.41, 5.74) is 6.42. The van der Waals surface area contributed by atoms with Gasteiger partial charge in [0.2, 0.25) is 0 Å². The monoisotopic (exact) mass is 344 g/mol. The van der Waals surface area contributed by atoms with E-state index in [1.165, 1.54) is 0 Å². The summed E-state index contributed by atoms with van der Waals surface area (Å²) in [5, 5.41) is 0.570. The van der Waals surface area contributed by atoms with Crippen LogP contribution in [0.25, 0.3) is 0 Å². The van der Waals surface area contributed by atoms with Gasteiger partial charge < -0.3 is 10.6 Å². The molecule has 19 heavy (non-hydrogen) atoms. The topological polar surface area (TPSA) is 46.3 Å². The Balaban J connectivity index is 2.33. The predicted octanol–water partition coefficient (Wildman–Crippen LogP) is 3.44. The number of hydrogen-bond acceptors (Lipinski definition) is 2. The van der Waals surface area contributed by atoms with Crippen LogP contribution in [0.1, 0.15) is 36.5 Å². The number of carbonyl (C=O) groups excluding carboxylic acids is 1. The van der Waals surface area contributed by atoms with Crippen molar-refractivity contribution in [2.45, 2.75) is 38.3 Å². The summed E-state index contributed by atoms with van der Waals surface area (Å²) < 4.78 is 0.774. The molecule has 1 aromatic carbocycles. The third-order valence-electron chi connectivity index (χ3n) is 3.69. The summed E-state index contributed by atoms with van der Waals surface area (Å²) in [6.45, 7) is 2.59. The minimum absolute atomic E-state index is 0.0111. The Labute approximate surface area is 127 Å². The molecule has 1 saturated heterocycles. The van der Waals surface area contributed by atoms with E-state index in [4.69, 9.17) is 17.3 Å². The van der Waals surface area contributed by atoms with Crippen molar-refractivity contribution >= 4 is 33.4 Å². The first-order valence-corrected chi connectivity index (χ1v) is 7.69. The fourth-order valence-corrected chi connectivity index (χ4v) is 3.27. The summed E-state index contributed by atoms with van der Waals surface area (Å²) in [4.78, 5) is 14.7. The Hall–Kier alpha value is -0.580. The van der Waals surface area contributed by atoms with Crippen LogP contribution in [0.3, 0.4) is 0 Å². The SMILES string of the molecule is CC1CCCC(CN)N1C(=O)c1cc(Cl)ccc1Br. The molecule has 1 fully saturated rings. The van der Waals surface area contributed by atoms with E-state index in [0.717, 1.165) is 23.7 Å². The molecular weight excluding hydrogens is 328 g/mol. The van der Waals surface area contributed by atoms with Crippen molar-refractivity contribution in [1.29, 1.82) is 0 Å². The molecule has 2 unspecified atom stereocenters. The van der Waals surface area contributed by atoms with Crippen molar-refractivity contribution < 1.29 is 4.79 Å². The van der Waals surface area contributed by atoms with Crippen molar-refractivity contribution in [1.82, 2.24) is 4.90 Å². The molecule has 1 aliphatic heterocycles. The van der Waals surface area contributed by atoms with E-state index in [9.17, 15) is 4.79 Å². The normalized spacial score (nSPS) is 23.5. The van der Waals surface area contributed by atoms with Gasteiger partial charge in [-0.25, -0.2) is 0 Å². The first-order chi connectivity index (χ1) is 9.04. The summed E-state index contributed by atoms with van der Waals surface area (Å²) in [6, 6.07) is 5.63. The van der Waals surface area contributed by atoms with Crippen LogP contribution in [-0.4, -0.2) is 29.4 Å². The lowest BCUT2D eigenvalue weighted by molar-refractivity contribution is 0.0493. The van der Waals surface area contributed by atoms with E-state index in [2.05, 4.69) is 22.9 Å². The molecule has 0 spiro atoms. The highest BCUT2D eigenvalue weighted by molar-refractivity contribution is 9.10. The summed E-state index contributed by atoms with van der Waals surface area (Å²) in [5.74, 6) is 0.0111. The number of carbonyl (C=O) groups is 1. The largest absolute Gasteiger partial charge is 0.332 e. The molecular formula is C14H18BrClN2O. The Morgan fingerprint density at radius 3 is 2.95 bits per heavy atom. The second-order valence-corrected chi connectivity index (χ2v) is 6.30. The van der Waals surface area contributed by atoms with Gasteiger partial charge >= 0.3 is 0 Å². The van der Waals surface area contributed by atoms with Gasteiger partial charge in [0.25, 0.3) is 5.91 Å². The van der Waals surface area contributed by atoms with Gasteiger partial charge in [-0.2, -0.15) is 0 Å². The van der Waals surface area contributed by atoms with Gasteiger partial charge in [-0.3, -0.25) is 4.79 Å². The zero-order chi connectivity index (χ0) is 14.0. The van der Waals surface area contributed by atoms with Crippen LogP contribution >= 0.6 is 27.5 Å². The minimum atomic E-state index is 0.0111. The second kappa shape index (κ2) is 6.25. The number of rotatable bonds is 2. The molecule has 0 aliphatic carbocycles. The number of amides is 1. The Kier molecular flexibility index (Phi) is 4.87. The maximum atomic E-state index is 12.7. The van der Waals surface area contributed by atoms with Crippen LogP contribution in [-0.2, 0) is 0 Å². The zero-order valence-electron chi connectivity index (χ0n) is 10.9. The molecule has 1 heterocycles. The van der Waals surface area contributed by atoms with Crippen LogP contribution in [0.5, 0.6) is 0 Å². The third kappa shape index (κ3) is 3.12. The smallest absolute Gasteiger partial charge is 0.255 e. The van der Waals surface area contributed by atoms with Gasteiger partial charge in [0.15, 0.2) is 0 Å². The van der Waals surface area contributed by atoms with Gasteiger partial charge in [-0.05, 0) is 60.3 Å². The molecule has 3 nitrogen and oxygen atoms in total. The highest BCUT2D eigenvalue weighted by Gasteiger charge is 2.32. The first kappa shape index (κ1) is 14.8. The van der Waals surface area contributed by atoms with Gasteiger partial charge in [0.1, 0.15) is 0 Å². The summed E-state index contributed by atoms with van der Waals surface area (Å²) in [7, 11) is 0. The number of halogens is 2. The van der Waals surface area contributed by atoms with Gasteiger partial charge in [-0.15, -0.1) is 0 Å². The summed E-state index contributed by atoms with van der Waals surface area (Å²) >= 11 is 9.41. The lowest BCUT2D eigenvalue weighted by Gasteiger charge is -2.40. The molecule has 0 aromatic heterocycles. The maximum Gasteiger partial charge on any atom is 0.255 e. The number of nitrogens with two attached hydrogens (primary N) is 1. The Bertz CT molecular complexity index is 481. The highest BCUT2D eigenvalue weighted by atomic mass is 79.9.